The molecule has 0 spiro atoms. The molecule has 4 heterocycles. The van der Waals surface area contributed by atoms with Crippen LogP contribution in [-0.4, -0.2) is 103 Å². The Kier molecular flexibility index (Phi) is 17.4. The molecule has 0 bridgehead atoms. The van der Waals surface area contributed by atoms with Crippen LogP contribution in [0, 0.1) is 5.41 Å². The highest BCUT2D eigenvalue weighted by atomic mass is 15.4. The Morgan fingerprint density at radius 3 is 1.19 bits per heavy atom. The molecule has 0 aromatic carbocycles. The second-order valence-electron chi connectivity index (χ2n) is 26.6. The van der Waals surface area contributed by atoms with E-state index < -0.39 is 0 Å². The first-order valence-corrected chi connectivity index (χ1v) is 25.4. The Balaban J connectivity index is 1.69. The molecule has 3 saturated heterocycles. The van der Waals surface area contributed by atoms with Gasteiger partial charge in [0.1, 0.15) is 0 Å². The first-order chi connectivity index (χ1) is 28.3. The molecule has 0 atom stereocenters. The predicted octanol–water partition coefficient (Wildman–Crippen LogP) is 11.5. The Morgan fingerprint density at radius 2 is 0.839 bits per heavy atom. The summed E-state index contributed by atoms with van der Waals surface area (Å²) in [5, 5.41) is 15.7. The Morgan fingerprint density at radius 1 is 0.500 bits per heavy atom. The predicted molar refractivity (Wildman–Crippen MR) is 269 cm³/mol. The fourth-order valence-electron chi connectivity index (χ4n) is 12.9. The van der Waals surface area contributed by atoms with Gasteiger partial charge >= 0.3 is 0 Å². The van der Waals surface area contributed by atoms with E-state index in [1.165, 1.54) is 57.8 Å². The number of hydrogen-bond acceptors (Lipinski definition) is 10. The minimum atomic E-state index is -0.200. The van der Waals surface area contributed by atoms with Crippen molar-refractivity contribution in [2.45, 2.75) is 284 Å². The number of anilines is 3. The average Bonchev–Trinajstić information content (AvgIpc) is 3.03. The zero-order chi connectivity index (χ0) is 46.6. The largest absolute Gasteiger partial charge is 0.349 e. The van der Waals surface area contributed by atoms with E-state index in [2.05, 4.69) is 168 Å². The number of nitrogens with zero attached hydrogens (tertiary/aromatic N) is 6. The van der Waals surface area contributed by atoms with E-state index in [4.69, 9.17) is 15.0 Å². The van der Waals surface area contributed by atoms with Crippen molar-refractivity contribution in [3.05, 3.63) is 0 Å². The fraction of sp³-hybridized carbons (Fsp3) is 0.942. The van der Waals surface area contributed by atoms with Crippen LogP contribution in [-0.2, 0) is 0 Å². The molecule has 0 unspecified atom stereocenters. The van der Waals surface area contributed by atoms with Crippen molar-refractivity contribution < 1.29 is 0 Å². The third-order valence-electron chi connectivity index (χ3n) is 13.7. The van der Waals surface area contributed by atoms with E-state index in [-0.39, 0.29) is 44.2 Å². The second kappa shape index (κ2) is 20.4. The maximum atomic E-state index is 5.65. The van der Waals surface area contributed by atoms with E-state index in [9.17, 15) is 0 Å². The van der Waals surface area contributed by atoms with Crippen molar-refractivity contribution in [2.24, 2.45) is 5.41 Å². The normalized spacial score (nSPS) is 22.8. The van der Waals surface area contributed by atoms with Gasteiger partial charge in [-0.1, -0.05) is 66.2 Å². The summed E-state index contributed by atoms with van der Waals surface area (Å²) in [7, 11) is 2.36. The van der Waals surface area contributed by atoms with Crippen LogP contribution in [0.4, 0.5) is 17.8 Å². The summed E-state index contributed by atoms with van der Waals surface area (Å²) in [6.07, 6.45) is 18.6. The Labute approximate surface area is 383 Å². The lowest BCUT2D eigenvalue weighted by atomic mass is 9.79. The lowest BCUT2D eigenvalue weighted by Crippen LogP contribution is -2.63. The first-order valence-electron chi connectivity index (χ1n) is 25.4. The SMILES string of the molecule is CCCCCCCN(c1nc(NC(C)(C)CC(C)(C)C)nc(N(CCCCCCN(C)C2CC(C)(C)NC(C)(C)C2)C2CC(C)(C)NC(C)(C)C2)n1)C1CC(C)(C)NC(C)(C)C1. The summed E-state index contributed by atoms with van der Waals surface area (Å²) in [5.74, 6) is 2.41. The molecular weight excluding hydrogens is 765 g/mol. The van der Waals surface area contributed by atoms with Crippen molar-refractivity contribution in [1.29, 1.82) is 0 Å². The van der Waals surface area contributed by atoms with E-state index in [0.29, 0.717) is 24.1 Å². The summed E-state index contributed by atoms with van der Waals surface area (Å²) in [6.45, 7) is 45.5. The minimum absolute atomic E-state index is 0.00452. The number of unbranched alkanes of at least 4 members (excludes halogenated alkanes) is 7. The van der Waals surface area contributed by atoms with Gasteiger partial charge in [-0.05, 0) is 180 Å². The van der Waals surface area contributed by atoms with Crippen LogP contribution >= 0.6 is 0 Å². The maximum absolute atomic E-state index is 5.65. The van der Waals surface area contributed by atoms with Gasteiger partial charge in [-0.15, -0.1) is 0 Å². The van der Waals surface area contributed by atoms with Crippen molar-refractivity contribution in [3.63, 3.8) is 0 Å². The van der Waals surface area contributed by atoms with Gasteiger partial charge in [0.2, 0.25) is 17.8 Å². The molecule has 3 fully saturated rings. The molecule has 1 aromatic heterocycles. The topological polar surface area (TPSA) is 96.5 Å². The number of hydrogen-bond donors (Lipinski definition) is 4. The van der Waals surface area contributed by atoms with Gasteiger partial charge in [0.05, 0.1) is 0 Å². The van der Waals surface area contributed by atoms with Gasteiger partial charge in [-0.25, -0.2) is 0 Å². The summed E-state index contributed by atoms with van der Waals surface area (Å²) in [5.41, 5.74) is 0.291. The third-order valence-corrected chi connectivity index (χ3v) is 13.7. The van der Waals surface area contributed by atoms with Crippen molar-refractivity contribution >= 4 is 17.8 Å². The zero-order valence-corrected chi connectivity index (χ0v) is 44.4. The first kappa shape index (κ1) is 52.9. The quantitative estimate of drug-likeness (QED) is 0.0895. The lowest BCUT2D eigenvalue weighted by Gasteiger charge is -2.50. The van der Waals surface area contributed by atoms with Crippen molar-refractivity contribution in [2.75, 3.05) is 41.8 Å². The van der Waals surface area contributed by atoms with Crippen LogP contribution in [0.1, 0.15) is 227 Å². The number of nitrogens with one attached hydrogen (secondary N) is 4. The maximum Gasteiger partial charge on any atom is 0.232 e. The fourth-order valence-corrected chi connectivity index (χ4v) is 12.9. The van der Waals surface area contributed by atoms with Crippen LogP contribution in [0.15, 0.2) is 0 Å². The highest BCUT2D eigenvalue weighted by Gasteiger charge is 2.44. The molecule has 3 aliphatic heterocycles. The van der Waals surface area contributed by atoms with Gasteiger partial charge < -0.3 is 36.0 Å². The van der Waals surface area contributed by atoms with Crippen LogP contribution < -0.4 is 31.1 Å². The zero-order valence-electron chi connectivity index (χ0n) is 44.4. The van der Waals surface area contributed by atoms with E-state index in [1.807, 2.05) is 0 Å². The van der Waals surface area contributed by atoms with Crippen LogP contribution in [0.3, 0.4) is 0 Å². The molecule has 0 saturated carbocycles. The van der Waals surface area contributed by atoms with Gasteiger partial charge in [0.15, 0.2) is 0 Å². The van der Waals surface area contributed by atoms with Gasteiger partial charge in [0, 0.05) is 70.0 Å². The summed E-state index contributed by atoms with van der Waals surface area (Å²) in [6, 6.07) is 1.25. The molecule has 4 N–H and O–H groups in total. The van der Waals surface area contributed by atoms with Crippen molar-refractivity contribution in [1.82, 2.24) is 35.8 Å². The van der Waals surface area contributed by atoms with Crippen LogP contribution in [0.2, 0.25) is 0 Å². The highest BCUT2D eigenvalue weighted by molar-refractivity contribution is 5.48. The van der Waals surface area contributed by atoms with E-state index in [1.54, 1.807) is 0 Å². The number of rotatable bonds is 21. The smallest absolute Gasteiger partial charge is 0.232 e. The molecule has 10 nitrogen and oxygen atoms in total. The Hall–Kier alpha value is -1.75. The van der Waals surface area contributed by atoms with Gasteiger partial charge in [-0.3, -0.25) is 0 Å². The summed E-state index contributed by atoms with van der Waals surface area (Å²) >= 11 is 0. The molecule has 62 heavy (non-hydrogen) atoms. The van der Waals surface area contributed by atoms with E-state index >= 15 is 0 Å². The van der Waals surface area contributed by atoms with Gasteiger partial charge in [0.25, 0.3) is 0 Å². The standard InChI is InChI=1S/C52H102N10/c1-20-21-22-23-27-30-61(40-34-48(9,10)58-49(11,12)35-40)43-53-42(56-52(17,18)38-45(2,3)4)54-44(55-43)62(41-36-50(13,14)59-51(15,16)37-41)31-28-25-24-26-29-60(19)39-32-46(5,6)57-47(7,8)33-39/h39-41,57-59H,20-38H2,1-19H3,(H,53,54,55,56). The average molecular weight is 867 g/mol. The molecule has 360 valence electrons. The number of aromatic nitrogens is 3. The van der Waals surface area contributed by atoms with E-state index in [0.717, 1.165) is 76.5 Å². The molecule has 1 aromatic rings. The molecule has 0 radical (unpaired) electrons. The number of piperidine rings is 3. The molecule has 3 aliphatic rings. The van der Waals surface area contributed by atoms with Crippen molar-refractivity contribution in [3.8, 4) is 0 Å². The molecular formula is C52H102N10. The minimum Gasteiger partial charge on any atom is -0.349 e. The van der Waals surface area contributed by atoms with Crippen LogP contribution in [0.25, 0.3) is 0 Å². The highest BCUT2D eigenvalue weighted by Crippen LogP contribution is 2.38. The van der Waals surface area contributed by atoms with Crippen LogP contribution in [0.5, 0.6) is 0 Å². The lowest BCUT2D eigenvalue weighted by molar-refractivity contribution is 0.0805. The molecule has 4 rings (SSSR count). The molecule has 10 heteroatoms. The monoisotopic (exact) mass is 867 g/mol. The third kappa shape index (κ3) is 17.2. The Bertz CT molecular complexity index is 1490. The molecule has 0 aliphatic carbocycles. The van der Waals surface area contributed by atoms with Gasteiger partial charge in [-0.2, -0.15) is 15.0 Å². The summed E-state index contributed by atoms with van der Waals surface area (Å²) < 4.78 is 0. The summed E-state index contributed by atoms with van der Waals surface area (Å²) in [4.78, 5) is 24.4. The second-order valence-corrected chi connectivity index (χ2v) is 26.6. The molecule has 0 amide bonds.